The summed E-state index contributed by atoms with van der Waals surface area (Å²) in [5.74, 6) is 0.472. The Hall–Kier alpha value is -0.610. The van der Waals surface area contributed by atoms with Crippen LogP contribution in [-0.2, 0) is 6.54 Å². The van der Waals surface area contributed by atoms with Gasteiger partial charge in [0.15, 0.2) is 6.33 Å². The van der Waals surface area contributed by atoms with E-state index in [0.29, 0.717) is 12.4 Å². The zero-order valence-electron chi connectivity index (χ0n) is 4.07. The van der Waals surface area contributed by atoms with Gasteiger partial charge in [-0.3, -0.25) is 0 Å². The smallest absolute Gasteiger partial charge is 0.240 e. The molecule has 0 radical (unpaired) electrons. The van der Waals surface area contributed by atoms with E-state index in [-0.39, 0.29) is 12.4 Å². The van der Waals surface area contributed by atoms with Crippen LogP contribution in [0.2, 0.25) is 0 Å². The molecule has 0 amide bonds. The molecule has 0 aliphatic rings. The largest absolute Gasteiger partial charge is 0.338 e. The Kier molecular flexibility index (Phi) is 3.14. The minimum absolute atomic E-state index is 0. The fourth-order valence-electron chi connectivity index (χ4n) is 0.286. The van der Waals surface area contributed by atoms with Crippen molar-refractivity contribution in [2.75, 3.05) is 0 Å². The lowest BCUT2D eigenvalue weighted by Gasteiger charge is -1.75. The van der Waals surface area contributed by atoms with Crippen molar-refractivity contribution in [3.05, 3.63) is 12.2 Å². The Labute approximate surface area is 52.5 Å². The molecule has 0 aromatic carbocycles. The highest BCUT2D eigenvalue weighted by Gasteiger charge is 1.88. The third-order valence-electron chi connectivity index (χ3n) is 0.582. The maximum absolute atomic E-state index is 5.10. The van der Waals surface area contributed by atoms with Crippen LogP contribution < -0.4 is 5.73 Å². The van der Waals surface area contributed by atoms with Crippen molar-refractivity contribution in [2.45, 2.75) is 6.54 Å². The number of halogens is 1. The van der Waals surface area contributed by atoms with Crippen molar-refractivity contribution in [1.82, 2.24) is 10.1 Å². The van der Waals surface area contributed by atoms with Gasteiger partial charge in [-0.15, -0.1) is 12.4 Å². The van der Waals surface area contributed by atoms with E-state index in [1.165, 1.54) is 6.33 Å². The minimum atomic E-state index is 0. The Morgan fingerprint density at radius 1 is 1.75 bits per heavy atom. The van der Waals surface area contributed by atoms with Gasteiger partial charge in [-0.05, 0) is 0 Å². The molecular weight excluding hydrogens is 130 g/mol. The summed E-state index contributed by atoms with van der Waals surface area (Å²) >= 11 is 0. The third kappa shape index (κ3) is 1.48. The summed E-state index contributed by atoms with van der Waals surface area (Å²) < 4.78 is 4.50. The molecule has 1 heterocycles. The average Bonchev–Trinajstić information content (AvgIpc) is 2.14. The van der Waals surface area contributed by atoms with E-state index in [1.54, 1.807) is 0 Å². The second-order valence-corrected chi connectivity index (χ2v) is 1.04. The summed E-state index contributed by atoms with van der Waals surface area (Å²) in [4.78, 5) is 3.63. The van der Waals surface area contributed by atoms with Crippen LogP contribution in [0.3, 0.4) is 0 Å². The van der Waals surface area contributed by atoms with Crippen LogP contribution in [0.5, 0.6) is 0 Å². The molecule has 1 aromatic heterocycles. The van der Waals surface area contributed by atoms with E-state index >= 15 is 0 Å². The van der Waals surface area contributed by atoms with Crippen molar-refractivity contribution >= 4 is 12.4 Å². The maximum atomic E-state index is 5.10. The molecule has 0 aliphatic carbocycles. The Morgan fingerprint density at radius 2 is 2.50 bits per heavy atom. The second kappa shape index (κ2) is 3.40. The van der Waals surface area contributed by atoms with Crippen LogP contribution in [-0.4, -0.2) is 10.1 Å². The van der Waals surface area contributed by atoms with Gasteiger partial charge in [-0.2, -0.15) is 4.98 Å². The van der Waals surface area contributed by atoms with Crippen LogP contribution in [0.1, 0.15) is 5.89 Å². The van der Waals surface area contributed by atoms with Crippen LogP contribution in [0.15, 0.2) is 10.9 Å². The highest BCUT2D eigenvalue weighted by molar-refractivity contribution is 5.85. The van der Waals surface area contributed by atoms with Crippen molar-refractivity contribution in [2.24, 2.45) is 5.73 Å². The standard InChI is InChI=1S/C3H5N3O.ClH/c4-1-3-5-2-6-7-3;/h2H,1,4H2;1H. The van der Waals surface area contributed by atoms with Crippen LogP contribution >= 0.6 is 12.4 Å². The summed E-state index contributed by atoms with van der Waals surface area (Å²) in [5, 5.41) is 3.33. The lowest BCUT2D eigenvalue weighted by molar-refractivity contribution is 0.379. The topological polar surface area (TPSA) is 64.9 Å². The number of hydrogen-bond acceptors (Lipinski definition) is 4. The molecular formula is C3H6ClN3O. The first-order valence-corrected chi connectivity index (χ1v) is 1.89. The summed E-state index contributed by atoms with van der Waals surface area (Å²) in [5.41, 5.74) is 5.10. The minimum Gasteiger partial charge on any atom is -0.338 e. The molecule has 5 heteroatoms. The van der Waals surface area contributed by atoms with Gasteiger partial charge >= 0.3 is 0 Å². The van der Waals surface area contributed by atoms with Crippen molar-refractivity contribution in [3.8, 4) is 0 Å². The average molecular weight is 136 g/mol. The monoisotopic (exact) mass is 135 g/mol. The molecule has 4 nitrogen and oxygen atoms in total. The molecule has 0 atom stereocenters. The first-order chi connectivity index (χ1) is 3.43. The highest BCUT2D eigenvalue weighted by atomic mass is 35.5. The van der Waals surface area contributed by atoms with Crippen molar-refractivity contribution < 1.29 is 4.52 Å². The molecule has 0 saturated carbocycles. The fraction of sp³-hybridized carbons (Fsp3) is 0.333. The lowest BCUT2D eigenvalue weighted by Crippen LogP contribution is -1.94. The zero-order valence-corrected chi connectivity index (χ0v) is 4.89. The van der Waals surface area contributed by atoms with Gasteiger partial charge in [0.05, 0.1) is 6.54 Å². The molecule has 0 saturated heterocycles. The first-order valence-electron chi connectivity index (χ1n) is 1.89. The first kappa shape index (κ1) is 7.39. The van der Waals surface area contributed by atoms with Gasteiger partial charge in [0.25, 0.3) is 0 Å². The molecule has 0 spiro atoms. The van der Waals surface area contributed by atoms with E-state index in [0.717, 1.165) is 0 Å². The highest BCUT2D eigenvalue weighted by Crippen LogP contribution is 1.84. The van der Waals surface area contributed by atoms with Gasteiger partial charge in [-0.1, -0.05) is 5.16 Å². The third-order valence-corrected chi connectivity index (χ3v) is 0.582. The summed E-state index contributed by atoms with van der Waals surface area (Å²) in [6.45, 7) is 0.319. The molecule has 1 rings (SSSR count). The summed E-state index contributed by atoms with van der Waals surface area (Å²) in [6, 6.07) is 0. The lowest BCUT2D eigenvalue weighted by atomic mass is 10.7. The van der Waals surface area contributed by atoms with Crippen molar-refractivity contribution in [1.29, 1.82) is 0 Å². The van der Waals surface area contributed by atoms with Gasteiger partial charge in [0.1, 0.15) is 0 Å². The SMILES string of the molecule is Cl.NCc1ncno1. The van der Waals surface area contributed by atoms with E-state index in [4.69, 9.17) is 5.73 Å². The number of nitrogens with two attached hydrogens (primary N) is 1. The van der Waals surface area contributed by atoms with Gasteiger partial charge < -0.3 is 10.3 Å². The van der Waals surface area contributed by atoms with Crippen LogP contribution in [0.25, 0.3) is 0 Å². The maximum Gasteiger partial charge on any atom is 0.240 e. The van der Waals surface area contributed by atoms with Gasteiger partial charge in [-0.25, -0.2) is 0 Å². The van der Waals surface area contributed by atoms with Gasteiger partial charge in [0, 0.05) is 0 Å². The summed E-state index contributed by atoms with van der Waals surface area (Å²) in [6.07, 6.45) is 1.32. The molecule has 0 bridgehead atoms. The van der Waals surface area contributed by atoms with E-state index in [1.807, 2.05) is 0 Å². The molecule has 0 fully saturated rings. The zero-order chi connectivity index (χ0) is 5.11. The number of aromatic nitrogens is 2. The quantitative estimate of drug-likeness (QED) is 0.587. The summed E-state index contributed by atoms with van der Waals surface area (Å²) in [7, 11) is 0. The number of hydrogen-bond donors (Lipinski definition) is 1. The van der Waals surface area contributed by atoms with E-state index in [9.17, 15) is 0 Å². The molecule has 2 N–H and O–H groups in total. The Bertz CT molecular complexity index is 129. The predicted molar refractivity (Wildman–Crippen MR) is 29.4 cm³/mol. The number of rotatable bonds is 1. The fourth-order valence-corrected chi connectivity index (χ4v) is 0.286. The molecule has 0 unspecified atom stereocenters. The van der Waals surface area contributed by atoms with Crippen LogP contribution in [0, 0.1) is 0 Å². The second-order valence-electron chi connectivity index (χ2n) is 1.04. The normalized spacial score (nSPS) is 8.12. The molecule has 0 aliphatic heterocycles. The van der Waals surface area contributed by atoms with E-state index in [2.05, 4.69) is 14.7 Å². The van der Waals surface area contributed by atoms with E-state index < -0.39 is 0 Å². The predicted octanol–water partition coefficient (Wildman–Crippen LogP) is -0.0499. The Morgan fingerprint density at radius 3 is 2.75 bits per heavy atom. The molecule has 8 heavy (non-hydrogen) atoms. The van der Waals surface area contributed by atoms with Crippen LogP contribution in [0.4, 0.5) is 0 Å². The number of nitrogens with zero attached hydrogens (tertiary/aromatic N) is 2. The molecule has 46 valence electrons. The van der Waals surface area contributed by atoms with Crippen molar-refractivity contribution in [3.63, 3.8) is 0 Å². The molecule has 1 aromatic rings. The Balaban J connectivity index is 0.000000490. The van der Waals surface area contributed by atoms with Gasteiger partial charge in [0.2, 0.25) is 5.89 Å².